The lowest BCUT2D eigenvalue weighted by Crippen LogP contribution is -2.50. The number of hydrogen-bond donors (Lipinski definition) is 1. The molecule has 0 spiro atoms. The van der Waals surface area contributed by atoms with Crippen molar-refractivity contribution in [3.05, 3.63) is 81.8 Å². The zero-order valence-electron chi connectivity index (χ0n) is 20.0. The molecule has 0 aliphatic heterocycles. The van der Waals surface area contributed by atoms with E-state index in [4.69, 9.17) is 23.2 Å². The lowest BCUT2D eigenvalue weighted by Gasteiger charge is -2.32. The average Bonchev–Trinajstić information content (AvgIpc) is 2.83. The van der Waals surface area contributed by atoms with Crippen molar-refractivity contribution in [1.29, 1.82) is 0 Å². The highest BCUT2D eigenvalue weighted by molar-refractivity contribution is 6.35. The highest BCUT2D eigenvalue weighted by Crippen LogP contribution is 2.25. The molecule has 0 aliphatic rings. The molecule has 2 amide bonds. The fourth-order valence-corrected chi connectivity index (χ4v) is 4.56. The highest BCUT2D eigenvalue weighted by Gasteiger charge is 2.29. The third kappa shape index (κ3) is 6.52. The maximum atomic E-state index is 13.6. The molecule has 0 aromatic heterocycles. The van der Waals surface area contributed by atoms with Gasteiger partial charge in [0.1, 0.15) is 6.04 Å². The van der Waals surface area contributed by atoms with Crippen LogP contribution in [0.5, 0.6) is 0 Å². The topological polar surface area (TPSA) is 49.4 Å². The molecule has 34 heavy (non-hydrogen) atoms. The van der Waals surface area contributed by atoms with Crippen LogP contribution in [0.3, 0.4) is 0 Å². The first kappa shape index (κ1) is 26.1. The highest BCUT2D eigenvalue weighted by atomic mass is 35.5. The van der Waals surface area contributed by atoms with E-state index in [2.05, 4.69) is 29.6 Å². The molecular weight excluding hydrogens is 467 g/mol. The predicted octanol–water partition coefficient (Wildman–Crippen LogP) is 6.80. The minimum Gasteiger partial charge on any atom is -0.352 e. The van der Waals surface area contributed by atoms with Crippen molar-refractivity contribution in [2.45, 2.75) is 65.1 Å². The molecule has 2 atom stereocenters. The Bertz CT molecular complexity index is 1140. The van der Waals surface area contributed by atoms with Gasteiger partial charge in [-0.25, -0.2) is 0 Å². The van der Waals surface area contributed by atoms with Gasteiger partial charge in [-0.2, -0.15) is 0 Å². The number of nitrogens with zero attached hydrogens (tertiary/aromatic N) is 1. The Labute approximate surface area is 212 Å². The SMILES string of the molecule is CC[C@H](C(=O)N[C@@H](C)CC)N(Cc1ccc(Cl)cc1Cl)C(=O)CCc1cccc2ccccc12. The standard InChI is InChI=1S/C28H32Cl2N2O2/c1-4-19(3)31-28(34)26(5-2)32(18-22-13-15-23(29)17-25(22)30)27(33)16-14-21-11-8-10-20-9-6-7-12-24(20)21/h6-13,15,17,19,26H,4-5,14,16,18H2,1-3H3,(H,31,34)/t19-,26+/m0/s1. The Morgan fingerprint density at radius 1 is 0.941 bits per heavy atom. The second-order valence-corrected chi connectivity index (χ2v) is 9.48. The molecule has 0 aliphatic carbocycles. The van der Waals surface area contributed by atoms with E-state index in [0.717, 1.165) is 28.3 Å². The number of halogens is 2. The first-order valence-corrected chi connectivity index (χ1v) is 12.6. The molecule has 6 heteroatoms. The molecular formula is C28H32Cl2N2O2. The van der Waals surface area contributed by atoms with Crippen molar-refractivity contribution < 1.29 is 9.59 Å². The van der Waals surface area contributed by atoms with E-state index in [1.54, 1.807) is 17.0 Å². The molecule has 0 bridgehead atoms. The van der Waals surface area contributed by atoms with Crippen molar-refractivity contribution in [3.63, 3.8) is 0 Å². The fraction of sp³-hybridized carbons (Fsp3) is 0.357. The zero-order valence-corrected chi connectivity index (χ0v) is 21.5. The van der Waals surface area contributed by atoms with E-state index in [1.165, 1.54) is 0 Å². The van der Waals surface area contributed by atoms with Crippen LogP contribution in [0.2, 0.25) is 10.0 Å². The van der Waals surface area contributed by atoms with Gasteiger partial charge < -0.3 is 10.2 Å². The Balaban J connectivity index is 1.86. The molecule has 0 fully saturated rings. The minimum atomic E-state index is -0.583. The van der Waals surface area contributed by atoms with Gasteiger partial charge in [0.15, 0.2) is 0 Å². The van der Waals surface area contributed by atoms with Crippen molar-refractivity contribution in [1.82, 2.24) is 10.2 Å². The van der Waals surface area contributed by atoms with Crippen LogP contribution in [0.25, 0.3) is 10.8 Å². The summed E-state index contributed by atoms with van der Waals surface area (Å²) in [4.78, 5) is 28.3. The smallest absolute Gasteiger partial charge is 0.243 e. The number of aryl methyl sites for hydroxylation is 1. The Morgan fingerprint density at radius 3 is 2.38 bits per heavy atom. The van der Waals surface area contributed by atoms with Crippen molar-refractivity contribution in [2.75, 3.05) is 0 Å². The van der Waals surface area contributed by atoms with Crippen LogP contribution in [0.1, 0.15) is 51.2 Å². The third-order valence-corrected chi connectivity index (χ3v) is 6.82. The Hall–Kier alpha value is -2.56. The molecule has 3 rings (SSSR count). The van der Waals surface area contributed by atoms with E-state index < -0.39 is 6.04 Å². The molecule has 0 saturated heterocycles. The molecule has 0 radical (unpaired) electrons. The number of carbonyl (C=O) groups is 2. The minimum absolute atomic E-state index is 0.0355. The van der Waals surface area contributed by atoms with Crippen LogP contribution >= 0.6 is 23.2 Å². The number of rotatable bonds is 10. The van der Waals surface area contributed by atoms with Gasteiger partial charge in [-0.1, -0.05) is 85.6 Å². The van der Waals surface area contributed by atoms with Gasteiger partial charge in [-0.15, -0.1) is 0 Å². The van der Waals surface area contributed by atoms with Crippen molar-refractivity contribution in [3.8, 4) is 0 Å². The second-order valence-electron chi connectivity index (χ2n) is 8.64. The Morgan fingerprint density at radius 2 is 1.68 bits per heavy atom. The second kappa shape index (κ2) is 12.2. The molecule has 3 aromatic rings. The van der Waals surface area contributed by atoms with E-state index in [-0.39, 0.29) is 24.4 Å². The molecule has 1 N–H and O–H groups in total. The number of carbonyl (C=O) groups excluding carboxylic acids is 2. The number of amides is 2. The maximum absolute atomic E-state index is 13.6. The van der Waals surface area contributed by atoms with Gasteiger partial charge >= 0.3 is 0 Å². The van der Waals surface area contributed by atoms with Gasteiger partial charge in [0.25, 0.3) is 0 Å². The van der Waals surface area contributed by atoms with Crippen LogP contribution < -0.4 is 5.32 Å². The average molecular weight is 499 g/mol. The molecule has 180 valence electrons. The van der Waals surface area contributed by atoms with Crippen LogP contribution in [0, 0.1) is 0 Å². The summed E-state index contributed by atoms with van der Waals surface area (Å²) in [5.74, 6) is -0.217. The lowest BCUT2D eigenvalue weighted by atomic mass is 10.00. The third-order valence-electron chi connectivity index (χ3n) is 6.23. The summed E-state index contributed by atoms with van der Waals surface area (Å²) in [6, 6.07) is 19.0. The molecule has 0 unspecified atom stereocenters. The fourth-order valence-electron chi connectivity index (χ4n) is 4.09. The van der Waals surface area contributed by atoms with Crippen LogP contribution in [0.15, 0.2) is 60.7 Å². The zero-order chi connectivity index (χ0) is 24.7. The van der Waals surface area contributed by atoms with Gasteiger partial charge in [0.2, 0.25) is 11.8 Å². The first-order valence-electron chi connectivity index (χ1n) is 11.8. The number of hydrogen-bond acceptors (Lipinski definition) is 2. The van der Waals surface area contributed by atoms with Crippen LogP contribution in [-0.2, 0) is 22.6 Å². The van der Waals surface area contributed by atoms with Gasteiger partial charge in [0, 0.05) is 29.1 Å². The summed E-state index contributed by atoms with van der Waals surface area (Å²) in [6.07, 6.45) is 2.22. The number of benzene rings is 3. The Kier molecular flexibility index (Phi) is 9.37. The van der Waals surface area contributed by atoms with Crippen LogP contribution in [-0.4, -0.2) is 28.8 Å². The summed E-state index contributed by atoms with van der Waals surface area (Å²) in [5.41, 5.74) is 1.88. The van der Waals surface area contributed by atoms with Gasteiger partial charge in [-0.3, -0.25) is 9.59 Å². The van der Waals surface area contributed by atoms with Crippen molar-refractivity contribution >= 4 is 45.8 Å². The summed E-state index contributed by atoms with van der Waals surface area (Å²) in [7, 11) is 0. The summed E-state index contributed by atoms with van der Waals surface area (Å²) < 4.78 is 0. The summed E-state index contributed by atoms with van der Waals surface area (Å²) in [5, 5.41) is 6.35. The summed E-state index contributed by atoms with van der Waals surface area (Å²) in [6.45, 7) is 6.16. The largest absolute Gasteiger partial charge is 0.352 e. The molecule has 0 saturated carbocycles. The quantitative estimate of drug-likeness (QED) is 0.334. The normalized spacial score (nSPS) is 12.9. The van der Waals surface area contributed by atoms with Gasteiger partial charge in [0.05, 0.1) is 0 Å². The monoisotopic (exact) mass is 498 g/mol. The van der Waals surface area contributed by atoms with E-state index >= 15 is 0 Å². The number of fused-ring (bicyclic) bond motifs is 1. The molecule has 4 nitrogen and oxygen atoms in total. The summed E-state index contributed by atoms with van der Waals surface area (Å²) >= 11 is 12.5. The van der Waals surface area contributed by atoms with Gasteiger partial charge in [-0.05, 0) is 60.2 Å². The van der Waals surface area contributed by atoms with E-state index in [1.807, 2.05) is 45.0 Å². The molecule has 0 heterocycles. The lowest BCUT2D eigenvalue weighted by molar-refractivity contribution is -0.141. The maximum Gasteiger partial charge on any atom is 0.243 e. The van der Waals surface area contributed by atoms with Crippen molar-refractivity contribution in [2.24, 2.45) is 0 Å². The van der Waals surface area contributed by atoms with Crippen LogP contribution in [0.4, 0.5) is 0 Å². The first-order chi connectivity index (χ1) is 16.3. The number of nitrogens with one attached hydrogen (secondary N) is 1. The van der Waals surface area contributed by atoms with E-state index in [9.17, 15) is 9.59 Å². The molecule has 3 aromatic carbocycles. The predicted molar refractivity (Wildman–Crippen MR) is 141 cm³/mol. The van der Waals surface area contributed by atoms with E-state index in [0.29, 0.717) is 29.3 Å².